The van der Waals surface area contributed by atoms with Gasteiger partial charge >= 0.3 is 0 Å². The molecule has 0 unspecified atom stereocenters. The van der Waals surface area contributed by atoms with E-state index in [2.05, 4.69) is 19.2 Å². The second-order valence-corrected chi connectivity index (χ2v) is 13.8. The number of nitrogens with one attached hydrogen (secondary N) is 1. The van der Waals surface area contributed by atoms with Crippen molar-refractivity contribution in [2.75, 3.05) is 19.5 Å². The molecule has 5 aromatic rings. The zero-order valence-corrected chi connectivity index (χ0v) is 27.8. The number of rotatable bonds is 13. The lowest BCUT2D eigenvalue weighted by Crippen LogP contribution is -2.30. The van der Waals surface area contributed by atoms with Crippen LogP contribution in [0, 0.1) is 5.92 Å². The Morgan fingerprint density at radius 3 is 2.04 bits per heavy atom. The monoisotopic (exact) mass is 660 g/mol. The molecule has 9 nitrogen and oxygen atoms in total. The summed E-state index contributed by atoms with van der Waals surface area (Å²) in [4.78, 5) is 13.2. The number of hydrogen-bond acceptors (Lipinski definition) is 6. The van der Waals surface area contributed by atoms with Gasteiger partial charge in [-0.15, -0.1) is 0 Å². The van der Waals surface area contributed by atoms with Crippen LogP contribution in [-0.4, -0.2) is 42.6 Å². The van der Waals surface area contributed by atoms with Crippen molar-refractivity contribution in [3.05, 3.63) is 113 Å². The van der Waals surface area contributed by atoms with Crippen molar-refractivity contribution in [2.45, 2.75) is 44.8 Å². The number of carbonyl (C=O) groups excluding carboxylic acids is 1. The highest BCUT2D eigenvalue weighted by atomic mass is 35.5. The summed E-state index contributed by atoms with van der Waals surface area (Å²) in [7, 11) is -0.982. The summed E-state index contributed by atoms with van der Waals surface area (Å²) in [6.07, 6.45) is 1.79. The van der Waals surface area contributed by atoms with Crippen molar-refractivity contribution < 1.29 is 22.7 Å². The molecule has 0 bridgehead atoms. The number of aromatic nitrogens is 2. The highest BCUT2D eigenvalue weighted by molar-refractivity contribution is 7.89. The molecule has 0 fully saturated rings. The third-order valence-electron chi connectivity index (χ3n) is 7.43. The van der Waals surface area contributed by atoms with Gasteiger partial charge in [0.2, 0.25) is 15.9 Å². The molecule has 11 heteroatoms. The summed E-state index contributed by atoms with van der Waals surface area (Å²) in [6, 6.07) is 24.9. The van der Waals surface area contributed by atoms with Crippen LogP contribution in [0.1, 0.15) is 30.5 Å². The Bertz CT molecular complexity index is 1870. The predicted molar refractivity (Wildman–Crippen MR) is 181 cm³/mol. The van der Waals surface area contributed by atoms with Crippen molar-refractivity contribution in [3.8, 4) is 11.5 Å². The lowest BCUT2D eigenvalue weighted by atomic mass is 10.1. The third-order valence-corrected chi connectivity index (χ3v) is 9.63. The van der Waals surface area contributed by atoms with Gasteiger partial charge in [0.25, 0.3) is 0 Å². The number of amides is 1. The van der Waals surface area contributed by atoms with E-state index in [0.29, 0.717) is 45.2 Å². The minimum atomic E-state index is -4.15. The largest absolute Gasteiger partial charge is 0.497 e. The van der Waals surface area contributed by atoms with E-state index >= 15 is 0 Å². The molecule has 1 heterocycles. The van der Waals surface area contributed by atoms with Crippen LogP contribution >= 0.6 is 11.6 Å². The molecule has 0 aliphatic carbocycles. The van der Waals surface area contributed by atoms with Crippen molar-refractivity contribution in [1.29, 1.82) is 0 Å². The van der Waals surface area contributed by atoms with Gasteiger partial charge in [0, 0.05) is 41.9 Å². The van der Waals surface area contributed by atoms with E-state index in [4.69, 9.17) is 26.2 Å². The lowest BCUT2D eigenvalue weighted by Gasteiger charge is -2.23. The molecule has 46 heavy (non-hydrogen) atoms. The van der Waals surface area contributed by atoms with Crippen LogP contribution in [0.2, 0.25) is 5.02 Å². The molecule has 1 amide bonds. The van der Waals surface area contributed by atoms with E-state index in [1.165, 1.54) is 10.4 Å². The molecular weight excluding hydrogens is 624 g/mol. The average molecular weight is 661 g/mol. The summed E-state index contributed by atoms with van der Waals surface area (Å²) >= 11 is 6.29. The smallest absolute Gasteiger partial charge is 0.244 e. The lowest BCUT2D eigenvalue weighted by molar-refractivity contribution is -0.115. The quantitative estimate of drug-likeness (QED) is 0.147. The van der Waals surface area contributed by atoms with Gasteiger partial charge in [0.05, 0.1) is 31.1 Å². The number of nitrogens with zero attached hydrogens (tertiary/aromatic N) is 3. The molecule has 0 saturated carbocycles. The second kappa shape index (κ2) is 14.4. The van der Waals surface area contributed by atoms with E-state index in [1.807, 2.05) is 30.3 Å². The van der Waals surface area contributed by atoms with Crippen LogP contribution in [0.3, 0.4) is 0 Å². The van der Waals surface area contributed by atoms with E-state index in [9.17, 15) is 13.2 Å². The van der Waals surface area contributed by atoms with Crippen LogP contribution in [0.25, 0.3) is 10.9 Å². The van der Waals surface area contributed by atoms with Crippen molar-refractivity contribution in [2.24, 2.45) is 5.92 Å². The fourth-order valence-corrected chi connectivity index (χ4v) is 6.98. The van der Waals surface area contributed by atoms with Crippen molar-refractivity contribution in [1.82, 2.24) is 14.1 Å². The molecular formula is C35H37ClN4O5S. The first kappa shape index (κ1) is 33.0. The molecule has 1 aromatic heterocycles. The van der Waals surface area contributed by atoms with Gasteiger partial charge < -0.3 is 14.8 Å². The number of methoxy groups -OCH3 is 2. The predicted octanol–water partition coefficient (Wildman–Crippen LogP) is 6.94. The van der Waals surface area contributed by atoms with Gasteiger partial charge in [-0.1, -0.05) is 67.9 Å². The summed E-state index contributed by atoms with van der Waals surface area (Å²) in [5.74, 6) is 1.30. The maximum absolute atomic E-state index is 14.7. The zero-order valence-electron chi connectivity index (χ0n) is 26.2. The van der Waals surface area contributed by atoms with Gasteiger partial charge in [0.15, 0.2) is 0 Å². The second-order valence-electron chi connectivity index (χ2n) is 11.4. The first-order chi connectivity index (χ1) is 22.0. The molecule has 0 aliphatic heterocycles. The first-order valence-electron chi connectivity index (χ1n) is 14.9. The Balaban J connectivity index is 1.57. The Morgan fingerprint density at radius 2 is 1.50 bits per heavy atom. The molecule has 0 radical (unpaired) electrons. The molecule has 0 aliphatic rings. The van der Waals surface area contributed by atoms with Crippen LogP contribution in [-0.2, 0) is 40.9 Å². The number of ether oxygens (including phenoxy) is 2. The van der Waals surface area contributed by atoms with Gasteiger partial charge in [-0.3, -0.25) is 9.48 Å². The Hall–Kier alpha value is -4.38. The Morgan fingerprint density at radius 1 is 0.913 bits per heavy atom. The number of hydrogen-bond donors (Lipinski definition) is 1. The molecule has 1 N–H and O–H groups in total. The van der Waals surface area contributed by atoms with Gasteiger partial charge in [-0.05, 0) is 65.1 Å². The highest BCUT2D eigenvalue weighted by Crippen LogP contribution is 2.32. The molecule has 5 rings (SSSR count). The number of sulfonamides is 1. The number of benzene rings is 4. The molecule has 0 atom stereocenters. The van der Waals surface area contributed by atoms with E-state index in [-0.39, 0.29) is 36.2 Å². The van der Waals surface area contributed by atoms with Crippen LogP contribution in [0.4, 0.5) is 5.69 Å². The van der Waals surface area contributed by atoms with Crippen LogP contribution in [0.5, 0.6) is 11.5 Å². The summed E-state index contributed by atoms with van der Waals surface area (Å²) in [5, 5.41) is 8.52. The minimum absolute atomic E-state index is 0.0304. The molecule has 0 saturated heterocycles. The summed E-state index contributed by atoms with van der Waals surface area (Å²) in [6.45, 7) is 4.93. The van der Waals surface area contributed by atoms with E-state index < -0.39 is 10.0 Å². The first-order valence-corrected chi connectivity index (χ1v) is 16.7. The average Bonchev–Trinajstić information content (AvgIpc) is 3.43. The number of carbonyl (C=O) groups is 1. The fraction of sp³-hybridized carbons (Fsp3) is 0.257. The molecule has 4 aromatic carbocycles. The van der Waals surface area contributed by atoms with E-state index in [0.717, 1.165) is 11.1 Å². The Labute approximate surface area is 274 Å². The number of anilines is 1. The van der Waals surface area contributed by atoms with E-state index in [1.54, 1.807) is 73.6 Å². The number of fused-ring (bicyclic) bond motifs is 1. The topological polar surface area (TPSA) is 103 Å². The maximum Gasteiger partial charge on any atom is 0.244 e. The standard InChI is InChI=1S/C35H37ClN4O5S/c1-24(2)20-39-23-31-33(38-39)18-28(37-35(41)17-27-7-5-6-8-32(27)36)19-34(31)46(42,43)40(21-25-9-13-29(44-3)14-10-25)22-26-11-15-30(45-4)16-12-26/h5-16,18-19,23-24H,17,20-22H2,1-4H3,(H,37,41). The Kier molecular flexibility index (Phi) is 10.3. The van der Waals surface area contributed by atoms with Crippen LogP contribution < -0.4 is 14.8 Å². The van der Waals surface area contributed by atoms with Gasteiger partial charge in [-0.2, -0.15) is 9.40 Å². The van der Waals surface area contributed by atoms with Crippen molar-refractivity contribution in [3.63, 3.8) is 0 Å². The molecule has 0 spiro atoms. The van der Waals surface area contributed by atoms with Crippen LogP contribution in [0.15, 0.2) is 96.0 Å². The SMILES string of the molecule is COc1ccc(CN(Cc2ccc(OC)cc2)S(=O)(=O)c2cc(NC(=O)Cc3ccccc3Cl)cc3nn(CC(C)C)cc23)cc1. The zero-order chi connectivity index (χ0) is 32.8. The summed E-state index contributed by atoms with van der Waals surface area (Å²) in [5.41, 5.74) is 3.03. The number of halogens is 1. The summed E-state index contributed by atoms with van der Waals surface area (Å²) < 4.78 is 43.2. The highest BCUT2D eigenvalue weighted by Gasteiger charge is 2.29. The normalized spacial score (nSPS) is 11.7. The van der Waals surface area contributed by atoms with Gasteiger partial charge in [-0.25, -0.2) is 8.42 Å². The minimum Gasteiger partial charge on any atom is -0.497 e. The third kappa shape index (κ3) is 7.88. The van der Waals surface area contributed by atoms with Crippen molar-refractivity contribution >= 4 is 44.1 Å². The maximum atomic E-state index is 14.7. The molecule has 240 valence electrons. The fourth-order valence-electron chi connectivity index (χ4n) is 5.15. The van der Waals surface area contributed by atoms with Gasteiger partial charge in [0.1, 0.15) is 11.5 Å².